The highest BCUT2D eigenvalue weighted by molar-refractivity contribution is 5.80. The van der Waals surface area contributed by atoms with Crippen molar-refractivity contribution in [3.8, 4) is 0 Å². The van der Waals surface area contributed by atoms with Gasteiger partial charge in [-0.15, -0.1) is 0 Å². The molecule has 3 aliphatic heterocycles. The van der Waals surface area contributed by atoms with Crippen LogP contribution in [0.3, 0.4) is 0 Å². The zero-order chi connectivity index (χ0) is 19.3. The van der Waals surface area contributed by atoms with E-state index in [9.17, 15) is 4.39 Å². The van der Waals surface area contributed by atoms with Gasteiger partial charge in [-0.05, 0) is 50.5 Å². The van der Waals surface area contributed by atoms with Crippen molar-refractivity contribution in [3.63, 3.8) is 0 Å². The molecule has 0 aromatic heterocycles. The number of aliphatic imine (C=N–C) groups is 1. The molecule has 4 rings (SSSR count). The van der Waals surface area contributed by atoms with E-state index in [1.54, 1.807) is 0 Å². The number of nitrogens with one attached hydrogen (secondary N) is 2. The molecule has 3 unspecified atom stereocenters. The molecular weight excluding hydrogens is 357 g/mol. The Hall–Kier alpha value is -1.86. The van der Waals surface area contributed by atoms with E-state index in [-0.39, 0.29) is 5.82 Å². The highest BCUT2D eigenvalue weighted by Gasteiger charge is 2.41. The van der Waals surface area contributed by atoms with Gasteiger partial charge in [0, 0.05) is 45.0 Å². The number of rotatable bonds is 6. The van der Waals surface area contributed by atoms with Crippen LogP contribution in [0.2, 0.25) is 0 Å². The Balaban J connectivity index is 1.21. The summed E-state index contributed by atoms with van der Waals surface area (Å²) in [5, 5.41) is 6.94. The molecule has 0 spiro atoms. The summed E-state index contributed by atoms with van der Waals surface area (Å²) >= 11 is 0. The van der Waals surface area contributed by atoms with Crippen molar-refractivity contribution < 1.29 is 9.13 Å². The Bertz CT molecular complexity index is 659. The fourth-order valence-electron chi connectivity index (χ4n) is 4.47. The largest absolute Gasteiger partial charge is 0.373 e. The summed E-state index contributed by atoms with van der Waals surface area (Å²) in [5.74, 6) is 0.732. The van der Waals surface area contributed by atoms with Crippen LogP contribution in [-0.4, -0.2) is 74.9 Å². The van der Waals surface area contributed by atoms with Crippen LogP contribution in [0.25, 0.3) is 0 Å². The molecule has 0 saturated carbocycles. The first kappa shape index (κ1) is 19.5. The van der Waals surface area contributed by atoms with Gasteiger partial charge in [0.25, 0.3) is 0 Å². The Labute approximate surface area is 167 Å². The Morgan fingerprint density at radius 3 is 2.61 bits per heavy atom. The fraction of sp³-hybridized carbons (Fsp3) is 0.667. The second-order valence-corrected chi connectivity index (χ2v) is 7.93. The average molecular weight is 390 g/mol. The molecule has 2 bridgehead atoms. The average Bonchev–Trinajstić information content (AvgIpc) is 3.33. The minimum absolute atomic E-state index is 0.178. The van der Waals surface area contributed by atoms with Crippen molar-refractivity contribution in [1.29, 1.82) is 0 Å². The summed E-state index contributed by atoms with van der Waals surface area (Å²) in [6.45, 7) is 8.67. The summed E-state index contributed by atoms with van der Waals surface area (Å²) in [6.07, 6.45) is 4.28. The van der Waals surface area contributed by atoms with Gasteiger partial charge in [-0.25, -0.2) is 4.39 Å². The van der Waals surface area contributed by atoms with Gasteiger partial charge >= 0.3 is 0 Å². The molecule has 154 valence electrons. The van der Waals surface area contributed by atoms with E-state index in [4.69, 9.17) is 9.73 Å². The molecule has 3 fully saturated rings. The Morgan fingerprint density at radius 2 is 1.96 bits per heavy atom. The van der Waals surface area contributed by atoms with Crippen molar-refractivity contribution in [2.45, 2.75) is 44.4 Å². The molecule has 3 heterocycles. The van der Waals surface area contributed by atoms with Crippen molar-refractivity contribution in [3.05, 3.63) is 30.1 Å². The number of fused-ring (bicyclic) bond motifs is 2. The molecule has 0 aliphatic carbocycles. The SMILES string of the molecule is CCNC(=NCCN1CCN(c2ccc(F)cc2)CC1)NC1CC2CCC1O2. The monoisotopic (exact) mass is 389 g/mol. The number of nitrogens with zero attached hydrogens (tertiary/aromatic N) is 3. The number of hydrogen-bond donors (Lipinski definition) is 2. The van der Waals surface area contributed by atoms with E-state index < -0.39 is 0 Å². The second kappa shape index (κ2) is 9.09. The van der Waals surface area contributed by atoms with Crippen molar-refractivity contribution in [2.24, 2.45) is 4.99 Å². The lowest BCUT2D eigenvalue weighted by Gasteiger charge is -2.35. The smallest absolute Gasteiger partial charge is 0.191 e. The van der Waals surface area contributed by atoms with Crippen LogP contribution in [-0.2, 0) is 4.74 Å². The Kier molecular flexibility index (Phi) is 6.32. The molecule has 28 heavy (non-hydrogen) atoms. The van der Waals surface area contributed by atoms with Gasteiger partial charge in [0.15, 0.2) is 5.96 Å². The van der Waals surface area contributed by atoms with Crippen molar-refractivity contribution >= 4 is 11.6 Å². The minimum atomic E-state index is -0.178. The number of guanidine groups is 1. The third-order valence-electron chi connectivity index (χ3n) is 6.02. The number of ether oxygens (including phenoxy) is 1. The van der Waals surface area contributed by atoms with Crippen LogP contribution in [0.5, 0.6) is 0 Å². The topological polar surface area (TPSA) is 52.1 Å². The van der Waals surface area contributed by atoms with Crippen LogP contribution >= 0.6 is 0 Å². The van der Waals surface area contributed by atoms with Gasteiger partial charge < -0.3 is 20.3 Å². The molecule has 6 nitrogen and oxygen atoms in total. The molecule has 2 N–H and O–H groups in total. The number of halogens is 1. The van der Waals surface area contributed by atoms with E-state index in [0.717, 1.165) is 63.9 Å². The first-order valence-corrected chi connectivity index (χ1v) is 10.6. The number of hydrogen-bond acceptors (Lipinski definition) is 4. The van der Waals surface area contributed by atoms with E-state index >= 15 is 0 Å². The second-order valence-electron chi connectivity index (χ2n) is 7.93. The van der Waals surface area contributed by atoms with Gasteiger partial charge in [0.1, 0.15) is 5.82 Å². The zero-order valence-corrected chi connectivity index (χ0v) is 16.7. The molecule has 3 saturated heterocycles. The summed E-state index contributed by atoms with van der Waals surface area (Å²) < 4.78 is 19.0. The maximum atomic E-state index is 13.1. The van der Waals surface area contributed by atoms with Gasteiger partial charge in [-0.1, -0.05) is 0 Å². The summed E-state index contributed by atoms with van der Waals surface area (Å²) in [6, 6.07) is 7.20. The van der Waals surface area contributed by atoms with E-state index in [2.05, 4.69) is 27.4 Å². The lowest BCUT2D eigenvalue weighted by atomic mass is 9.96. The normalized spacial score (nSPS) is 28.0. The predicted molar refractivity (Wildman–Crippen MR) is 110 cm³/mol. The van der Waals surface area contributed by atoms with Crippen molar-refractivity contribution in [1.82, 2.24) is 15.5 Å². The highest BCUT2D eigenvalue weighted by Crippen LogP contribution is 2.34. The van der Waals surface area contributed by atoms with E-state index in [1.165, 1.54) is 25.0 Å². The number of benzene rings is 1. The van der Waals surface area contributed by atoms with Gasteiger partial charge in [-0.3, -0.25) is 9.89 Å². The third kappa shape index (κ3) is 4.75. The van der Waals surface area contributed by atoms with E-state index in [1.807, 2.05) is 12.1 Å². The van der Waals surface area contributed by atoms with Crippen LogP contribution in [0.15, 0.2) is 29.3 Å². The lowest BCUT2D eigenvalue weighted by molar-refractivity contribution is 0.0992. The number of anilines is 1. The van der Waals surface area contributed by atoms with Gasteiger partial charge in [0.05, 0.1) is 24.8 Å². The maximum absolute atomic E-state index is 13.1. The molecule has 0 radical (unpaired) electrons. The maximum Gasteiger partial charge on any atom is 0.191 e. The molecule has 7 heteroatoms. The van der Waals surface area contributed by atoms with Gasteiger partial charge in [0.2, 0.25) is 0 Å². The third-order valence-corrected chi connectivity index (χ3v) is 6.02. The first-order chi connectivity index (χ1) is 13.7. The molecule has 3 aliphatic rings. The van der Waals surface area contributed by atoms with Gasteiger partial charge in [-0.2, -0.15) is 0 Å². The summed E-state index contributed by atoms with van der Waals surface area (Å²) in [7, 11) is 0. The van der Waals surface area contributed by atoms with Crippen LogP contribution in [0, 0.1) is 5.82 Å². The molecule has 1 aromatic rings. The molecular formula is C21H32FN5O. The minimum Gasteiger partial charge on any atom is -0.373 e. The lowest BCUT2D eigenvalue weighted by Crippen LogP contribution is -2.48. The fourth-order valence-corrected chi connectivity index (χ4v) is 4.47. The predicted octanol–water partition coefficient (Wildman–Crippen LogP) is 1.82. The molecule has 1 aromatic carbocycles. The first-order valence-electron chi connectivity index (χ1n) is 10.6. The Morgan fingerprint density at radius 1 is 1.18 bits per heavy atom. The summed E-state index contributed by atoms with van der Waals surface area (Å²) in [4.78, 5) is 9.55. The number of piperazine rings is 1. The van der Waals surface area contributed by atoms with Crippen LogP contribution in [0.4, 0.5) is 10.1 Å². The molecule has 0 amide bonds. The summed E-state index contributed by atoms with van der Waals surface area (Å²) in [5.41, 5.74) is 1.10. The zero-order valence-electron chi connectivity index (χ0n) is 16.7. The van der Waals surface area contributed by atoms with Crippen LogP contribution < -0.4 is 15.5 Å². The van der Waals surface area contributed by atoms with Crippen molar-refractivity contribution in [2.75, 3.05) is 50.7 Å². The van der Waals surface area contributed by atoms with Crippen LogP contribution in [0.1, 0.15) is 26.2 Å². The molecule has 3 atom stereocenters. The highest BCUT2D eigenvalue weighted by atomic mass is 19.1. The standard InChI is InChI=1S/C21H32FN5O/c1-2-23-21(25-19-15-18-7-8-20(19)28-18)24-9-10-26-11-13-27(14-12-26)17-5-3-16(22)4-6-17/h3-6,18-20H,2,7-15H2,1H3,(H2,23,24,25). The quantitative estimate of drug-likeness (QED) is 0.574. The van der Waals surface area contributed by atoms with E-state index in [0.29, 0.717) is 18.2 Å².